The predicted molar refractivity (Wildman–Crippen MR) is 132 cm³/mol. The van der Waals surface area contributed by atoms with Gasteiger partial charge >= 0.3 is 0 Å². The Hall–Kier alpha value is -1.23. The van der Waals surface area contributed by atoms with Crippen LogP contribution in [0.2, 0.25) is 0 Å². The van der Waals surface area contributed by atoms with Crippen LogP contribution < -0.4 is 10.6 Å². The molecule has 0 aliphatic carbocycles. The molecule has 1 aromatic carbocycles. The van der Waals surface area contributed by atoms with Crippen LogP contribution in [0.1, 0.15) is 32.7 Å². The van der Waals surface area contributed by atoms with Crippen LogP contribution >= 0.6 is 35.3 Å². The minimum absolute atomic E-state index is 0. The topological polar surface area (TPSA) is 61.8 Å². The highest BCUT2D eigenvalue weighted by atomic mass is 127. The third-order valence-electron chi connectivity index (χ3n) is 5.11. The lowest BCUT2D eigenvalue weighted by Crippen LogP contribution is -2.46. The van der Waals surface area contributed by atoms with E-state index in [-0.39, 0.29) is 30.0 Å². The molecule has 0 spiro atoms. The Bertz CT molecular complexity index is 767. The van der Waals surface area contributed by atoms with E-state index >= 15 is 0 Å². The minimum atomic E-state index is 0. The largest absolute Gasteiger partial charge is 0.379 e. The molecule has 160 valence electrons. The maximum Gasteiger partial charge on any atom is 0.191 e. The highest BCUT2D eigenvalue weighted by Gasteiger charge is 2.23. The summed E-state index contributed by atoms with van der Waals surface area (Å²) in [6.07, 6.45) is 0. The summed E-state index contributed by atoms with van der Waals surface area (Å²) in [6.45, 7) is 11.2. The zero-order chi connectivity index (χ0) is 19.9. The molecule has 1 saturated heterocycles. The number of aryl methyl sites for hydroxylation is 3. The molecule has 3 rings (SSSR count). The number of ether oxygens (including phenoxy) is 1. The van der Waals surface area contributed by atoms with Gasteiger partial charge in [-0.05, 0) is 26.3 Å². The molecule has 1 fully saturated rings. The van der Waals surface area contributed by atoms with Crippen LogP contribution in [0.25, 0.3) is 0 Å². The first-order chi connectivity index (χ1) is 13.6. The summed E-state index contributed by atoms with van der Waals surface area (Å²) < 4.78 is 5.55. The number of nitrogens with zero attached hydrogens (tertiary/aromatic N) is 3. The maximum atomic E-state index is 5.55. The highest BCUT2D eigenvalue weighted by molar-refractivity contribution is 14.0. The molecular formula is C21H32IN5OS. The molecule has 0 bridgehead atoms. The number of aliphatic imine (C=N–C) groups is 1. The Morgan fingerprint density at radius 1 is 1.17 bits per heavy atom. The molecule has 0 radical (unpaired) electrons. The summed E-state index contributed by atoms with van der Waals surface area (Å²) in [5, 5.41) is 7.98. The van der Waals surface area contributed by atoms with Gasteiger partial charge in [-0.2, -0.15) is 0 Å². The normalized spacial score (nSPS) is 16.2. The summed E-state index contributed by atoms with van der Waals surface area (Å²) in [4.78, 5) is 12.7. The molecule has 8 heteroatoms. The molecule has 0 saturated carbocycles. The summed E-state index contributed by atoms with van der Waals surface area (Å²) in [6, 6.07) is 9.11. The first-order valence-electron chi connectivity index (χ1n) is 9.82. The number of benzene rings is 1. The molecule has 1 aromatic heterocycles. The van der Waals surface area contributed by atoms with E-state index in [9.17, 15) is 0 Å². The quantitative estimate of drug-likeness (QED) is 0.341. The zero-order valence-corrected chi connectivity index (χ0v) is 20.8. The van der Waals surface area contributed by atoms with Gasteiger partial charge in [0.05, 0.1) is 31.5 Å². The number of halogens is 1. The van der Waals surface area contributed by atoms with Gasteiger partial charge in [0.1, 0.15) is 5.01 Å². The maximum absolute atomic E-state index is 5.55. The van der Waals surface area contributed by atoms with Gasteiger partial charge in [-0.1, -0.05) is 29.8 Å². The number of thiazole rings is 1. The Morgan fingerprint density at radius 2 is 1.86 bits per heavy atom. The monoisotopic (exact) mass is 529 g/mol. The van der Waals surface area contributed by atoms with Crippen molar-refractivity contribution in [2.45, 2.75) is 33.4 Å². The summed E-state index contributed by atoms with van der Waals surface area (Å²) in [5.41, 5.74) is 3.71. The second kappa shape index (κ2) is 11.8. The standard InChI is InChI=1S/C21H31N5OS.HI/c1-15-5-7-18(8-6-15)19(26-9-11-27-12-10-26)13-23-21(22-4)24-14-20-25-16(2)17(3)28-20;/h5-8,19H,9-14H2,1-4H3,(H2,22,23,24);1H. The van der Waals surface area contributed by atoms with Crippen molar-refractivity contribution in [3.05, 3.63) is 51.0 Å². The van der Waals surface area contributed by atoms with Gasteiger partial charge in [-0.25, -0.2) is 4.98 Å². The third kappa shape index (κ3) is 6.91. The number of aromatic nitrogens is 1. The van der Waals surface area contributed by atoms with E-state index in [4.69, 9.17) is 4.74 Å². The lowest BCUT2D eigenvalue weighted by molar-refractivity contribution is 0.0170. The summed E-state index contributed by atoms with van der Waals surface area (Å²) in [5.74, 6) is 0.802. The van der Waals surface area contributed by atoms with Gasteiger partial charge in [0.15, 0.2) is 5.96 Å². The van der Waals surface area contributed by atoms with Crippen molar-refractivity contribution >= 4 is 41.3 Å². The van der Waals surface area contributed by atoms with Crippen LogP contribution in [0.4, 0.5) is 0 Å². The smallest absolute Gasteiger partial charge is 0.191 e. The number of hydrogen-bond donors (Lipinski definition) is 2. The van der Waals surface area contributed by atoms with E-state index in [2.05, 4.69) is 70.5 Å². The van der Waals surface area contributed by atoms with Crippen molar-refractivity contribution in [1.82, 2.24) is 20.5 Å². The second-order valence-electron chi connectivity index (χ2n) is 7.13. The molecule has 1 aliphatic heterocycles. The van der Waals surface area contributed by atoms with E-state index in [1.54, 1.807) is 11.3 Å². The van der Waals surface area contributed by atoms with Gasteiger partial charge < -0.3 is 15.4 Å². The van der Waals surface area contributed by atoms with Crippen molar-refractivity contribution in [2.24, 2.45) is 4.99 Å². The molecule has 1 aliphatic rings. The Kier molecular flexibility index (Phi) is 9.81. The Labute approximate surface area is 195 Å². The van der Waals surface area contributed by atoms with E-state index in [0.717, 1.165) is 49.5 Å². The number of rotatable bonds is 6. The molecule has 2 heterocycles. The van der Waals surface area contributed by atoms with Crippen LogP contribution in [-0.4, -0.2) is 55.7 Å². The van der Waals surface area contributed by atoms with Gasteiger partial charge in [0.2, 0.25) is 0 Å². The highest BCUT2D eigenvalue weighted by Crippen LogP contribution is 2.22. The Balaban J connectivity index is 0.00000300. The van der Waals surface area contributed by atoms with Gasteiger partial charge in [-0.15, -0.1) is 35.3 Å². The van der Waals surface area contributed by atoms with E-state index in [0.29, 0.717) is 6.54 Å². The van der Waals surface area contributed by atoms with Crippen molar-refractivity contribution in [3.8, 4) is 0 Å². The van der Waals surface area contributed by atoms with Gasteiger partial charge in [0, 0.05) is 31.6 Å². The van der Waals surface area contributed by atoms with Crippen LogP contribution in [-0.2, 0) is 11.3 Å². The number of nitrogens with one attached hydrogen (secondary N) is 2. The van der Waals surface area contributed by atoms with E-state index < -0.39 is 0 Å². The fourth-order valence-electron chi connectivity index (χ4n) is 3.32. The minimum Gasteiger partial charge on any atom is -0.379 e. The molecule has 1 atom stereocenters. The van der Waals surface area contributed by atoms with Crippen LogP contribution in [0.3, 0.4) is 0 Å². The fraction of sp³-hybridized carbons (Fsp3) is 0.524. The van der Waals surface area contributed by atoms with E-state index in [1.807, 2.05) is 7.05 Å². The van der Waals surface area contributed by atoms with Crippen LogP contribution in [0.15, 0.2) is 29.3 Å². The lowest BCUT2D eigenvalue weighted by atomic mass is 10.0. The summed E-state index contributed by atoms with van der Waals surface area (Å²) in [7, 11) is 1.81. The SMILES string of the molecule is CN=C(NCc1nc(C)c(C)s1)NCC(c1ccc(C)cc1)N1CCOCC1.I. The van der Waals surface area contributed by atoms with Crippen LogP contribution in [0, 0.1) is 20.8 Å². The average Bonchev–Trinajstić information content (AvgIpc) is 3.04. The number of hydrogen-bond acceptors (Lipinski definition) is 5. The van der Waals surface area contributed by atoms with Crippen molar-refractivity contribution in [1.29, 1.82) is 0 Å². The lowest BCUT2D eigenvalue weighted by Gasteiger charge is -2.35. The fourth-order valence-corrected chi connectivity index (χ4v) is 4.20. The molecule has 2 N–H and O–H groups in total. The van der Waals surface area contributed by atoms with Gasteiger partial charge in [0.25, 0.3) is 0 Å². The average molecular weight is 529 g/mol. The van der Waals surface area contributed by atoms with Crippen molar-refractivity contribution in [2.75, 3.05) is 39.9 Å². The first kappa shape index (κ1) is 24.0. The van der Waals surface area contributed by atoms with Crippen LogP contribution in [0.5, 0.6) is 0 Å². The van der Waals surface area contributed by atoms with Gasteiger partial charge in [-0.3, -0.25) is 9.89 Å². The first-order valence-corrected chi connectivity index (χ1v) is 10.6. The number of morpholine rings is 1. The molecule has 2 aromatic rings. The van der Waals surface area contributed by atoms with Crippen molar-refractivity contribution in [3.63, 3.8) is 0 Å². The molecular weight excluding hydrogens is 497 g/mol. The number of guanidine groups is 1. The third-order valence-corrected chi connectivity index (χ3v) is 6.19. The molecule has 1 unspecified atom stereocenters. The second-order valence-corrected chi connectivity index (χ2v) is 8.42. The molecule has 29 heavy (non-hydrogen) atoms. The molecule has 6 nitrogen and oxygen atoms in total. The Morgan fingerprint density at radius 3 is 2.45 bits per heavy atom. The van der Waals surface area contributed by atoms with E-state index in [1.165, 1.54) is 16.0 Å². The summed E-state index contributed by atoms with van der Waals surface area (Å²) >= 11 is 1.73. The predicted octanol–water partition coefficient (Wildman–Crippen LogP) is 3.42. The van der Waals surface area contributed by atoms with Crippen molar-refractivity contribution < 1.29 is 4.74 Å². The zero-order valence-electron chi connectivity index (χ0n) is 17.7. The molecule has 0 amide bonds.